The third-order valence-electron chi connectivity index (χ3n) is 13.9. The van der Waals surface area contributed by atoms with E-state index in [0.29, 0.717) is 0 Å². The summed E-state index contributed by atoms with van der Waals surface area (Å²) in [5.41, 5.74) is 17.8. The smallest absolute Gasteiger partial charge is 0.206 e. The fourth-order valence-corrected chi connectivity index (χ4v) is 11.9. The summed E-state index contributed by atoms with van der Waals surface area (Å²) in [4.78, 5) is 0.575. The van der Waals surface area contributed by atoms with Crippen LogP contribution in [-0.4, -0.2) is 17.6 Å². The van der Waals surface area contributed by atoms with Crippen LogP contribution in [0.15, 0.2) is 222 Å². The Labute approximate surface area is 383 Å². The lowest BCUT2D eigenvalue weighted by atomic mass is 9.84. The Hall–Kier alpha value is -7.99. The number of hydrogen-bond acceptors (Lipinski definition) is 2. The summed E-state index contributed by atoms with van der Waals surface area (Å²) in [6.07, 6.45) is 1.74. The van der Waals surface area contributed by atoms with Crippen molar-refractivity contribution >= 4 is 64.2 Å². The van der Waals surface area contributed by atoms with E-state index >= 15 is 0 Å². The Balaban J connectivity index is 0.793. The number of aromatic nitrogens is 2. The van der Waals surface area contributed by atoms with Gasteiger partial charge in [-0.05, 0) is 154 Å². The minimum Gasteiger partial charge on any atom is -0.309 e. The van der Waals surface area contributed by atoms with Gasteiger partial charge in [0.1, 0.15) is 0 Å². The topological polar surface area (TPSA) is 44.0 Å². The molecule has 13 rings (SSSR count). The summed E-state index contributed by atoms with van der Waals surface area (Å²) in [5, 5.41) is 7.39. The highest BCUT2D eigenvalue weighted by Crippen LogP contribution is 2.39. The van der Waals surface area contributed by atoms with Gasteiger partial charge in [-0.2, -0.15) is 0 Å². The molecule has 1 aliphatic carbocycles. The molecule has 2 heterocycles. The molecular formula is C61H42N2O2S. The molecule has 5 heteroatoms. The standard InChI is InChI=1S/C61H42N2O2S/c1-39-9-8-10-42(31-39)40-20-26-52(27-21-40)66(64,65)53-28-22-41(23-29-53)43-17-18-44-33-48-36-49-37-50(24-19-45(49)34-47(48)35-46(44)32-43)62-60-16-7-4-13-56(60)57-38-51(25-30-61(57)62)63-58-14-5-2-11-54(58)55-12-3-6-15-59(55)63/h2-33,35,37-38H,34,36H2,1H3. The Morgan fingerprint density at radius 1 is 0.348 bits per heavy atom. The summed E-state index contributed by atoms with van der Waals surface area (Å²) in [5.74, 6) is 0. The number of aryl methyl sites for hydroxylation is 1. The highest BCUT2D eigenvalue weighted by Gasteiger charge is 2.22. The van der Waals surface area contributed by atoms with Crippen molar-refractivity contribution in [3.63, 3.8) is 0 Å². The van der Waals surface area contributed by atoms with Crippen LogP contribution in [0.5, 0.6) is 0 Å². The molecule has 0 spiro atoms. The average Bonchev–Trinajstić information content (AvgIpc) is 3.87. The van der Waals surface area contributed by atoms with Crippen LogP contribution < -0.4 is 0 Å². The van der Waals surface area contributed by atoms with E-state index in [-0.39, 0.29) is 9.79 Å². The van der Waals surface area contributed by atoms with Crippen LogP contribution in [0.4, 0.5) is 0 Å². The molecule has 12 aromatic rings. The molecule has 0 amide bonds. The van der Waals surface area contributed by atoms with Gasteiger partial charge in [-0.15, -0.1) is 0 Å². The van der Waals surface area contributed by atoms with E-state index in [1.165, 1.54) is 87.9 Å². The number of hydrogen-bond donors (Lipinski definition) is 0. The van der Waals surface area contributed by atoms with E-state index < -0.39 is 9.84 Å². The van der Waals surface area contributed by atoms with Crippen LogP contribution in [0.1, 0.15) is 27.8 Å². The monoisotopic (exact) mass is 866 g/mol. The van der Waals surface area contributed by atoms with Gasteiger partial charge in [0.25, 0.3) is 0 Å². The molecule has 1 aliphatic rings. The van der Waals surface area contributed by atoms with Gasteiger partial charge in [0.2, 0.25) is 9.84 Å². The van der Waals surface area contributed by atoms with Gasteiger partial charge in [-0.25, -0.2) is 8.42 Å². The summed E-state index contributed by atoms with van der Waals surface area (Å²) < 4.78 is 32.2. The predicted octanol–water partition coefficient (Wildman–Crippen LogP) is 15.0. The van der Waals surface area contributed by atoms with Crippen molar-refractivity contribution in [1.29, 1.82) is 0 Å². The van der Waals surface area contributed by atoms with Gasteiger partial charge in [0.05, 0.1) is 31.9 Å². The van der Waals surface area contributed by atoms with E-state index in [1.807, 2.05) is 36.4 Å². The highest BCUT2D eigenvalue weighted by atomic mass is 32.2. The molecular weight excluding hydrogens is 825 g/mol. The Morgan fingerprint density at radius 3 is 1.45 bits per heavy atom. The SMILES string of the molecule is Cc1cccc(-c2ccc(S(=O)(=O)c3ccc(-c4ccc5cc6c(cc5c4)Cc4ccc(-n5c7ccccc7c7cc(-n8c9ccccc9c9ccccc98)ccc75)cc4C6)cc3)cc2)c1. The molecule has 0 aliphatic heterocycles. The number of benzene rings is 10. The molecule has 0 radical (unpaired) electrons. The maximum Gasteiger partial charge on any atom is 0.206 e. The van der Waals surface area contributed by atoms with Crippen LogP contribution in [0.25, 0.3) is 88.0 Å². The zero-order valence-electron chi connectivity index (χ0n) is 36.2. The van der Waals surface area contributed by atoms with Crippen molar-refractivity contribution < 1.29 is 8.42 Å². The first-order valence-electron chi connectivity index (χ1n) is 22.6. The summed E-state index contributed by atoms with van der Waals surface area (Å²) >= 11 is 0. The number of nitrogens with zero attached hydrogens (tertiary/aromatic N) is 2. The van der Waals surface area contributed by atoms with Crippen molar-refractivity contribution in [1.82, 2.24) is 9.13 Å². The van der Waals surface area contributed by atoms with E-state index in [0.717, 1.165) is 40.8 Å². The van der Waals surface area contributed by atoms with E-state index in [2.05, 4.69) is 168 Å². The van der Waals surface area contributed by atoms with Crippen LogP contribution in [-0.2, 0) is 22.7 Å². The summed E-state index contributed by atoms with van der Waals surface area (Å²) in [7, 11) is -3.67. The first-order chi connectivity index (χ1) is 32.3. The fourth-order valence-electron chi connectivity index (χ4n) is 10.6. The van der Waals surface area contributed by atoms with Crippen molar-refractivity contribution in [2.45, 2.75) is 29.6 Å². The third-order valence-corrected chi connectivity index (χ3v) is 15.7. The van der Waals surface area contributed by atoms with E-state index in [4.69, 9.17) is 0 Å². The number of para-hydroxylation sites is 3. The minimum absolute atomic E-state index is 0.286. The normalized spacial score (nSPS) is 12.6. The largest absolute Gasteiger partial charge is 0.309 e. The van der Waals surface area contributed by atoms with Gasteiger partial charge in [-0.3, -0.25) is 0 Å². The molecule has 0 saturated heterocycles. The van der Waals surface area contributed by atoms with Gasteiger partial charge in [-0.1, -0.05) is 139 Å². The van der Waals surface area contributed by atoms with E-state index in [9.17, 15) is 8.42 Å². The average molecular weight is 867 g/mol. The molecule has 66 heavy (non-hydrogen) atoms. The maximum atomic E-state index is 13.7. The van der Waals surface area contributed by atoms with E-state index in [1.54, 1.807) is 24.3 Å². The van der Waals surface area contributed by atoms with Crippen LogP contribution in [0.2, 0.25) is 0 Å². The van der Waals surface area contributed by atoms with Crippen molar-refractivity contribution in [3.8, 4) is 33.6 Å². The number of sulfone groups is 1. The van der Waals surface area contributed by atoms with Gasteiger partial charge in [0, 0.05) is 32.9 Å². The molecule has 314 valence electrons. The second-order valence-corrected chi connectivity index (χ2v) is 19.8. The van der Waals surface area contributed by atoms with Crippen molar-refractivity contribution in [3.05, 3.63) is 240 Å². The summed E-state index contributed by atoms with van der Waals surface area (Å²) in [6.45, 7) is 2.06. The zero-order chi connectivity index (χ0) is 44.1. The minimum atomic E-state index is -3.67. The molecule has 0 saturated carbocycles. The van der Waals surface area contributed by atoms with Gasteiger partial charge < -0.3 is 9.13 Å². The maximum absolute atomic E-state index is 13.7. The lowest BCUT2D eigenvalue weighted by Crippen LogP contribution is -2.08. The fraction of sp³-hybridized carbons (Fsp3) is 0.0492. The zero-order valence-corrected chi connectivity index (χ0v) is 37.1. The summed E-state index contributed by atoms with van der Waals surface area (Å²) in [6, 6.07) is 74.1. The second-order valence-electron chi connectivity index (χ2n) is 17.8. The molecule has 0 atom stereocenters. The molecule has 4 nitrogen and oxygen atoms in total. The van der Waals surface area contributed by atoms with Crippen LogP contribution >= 0.6 is 0 Å². The first kappa shape index (κ1) is 38.5. The molecule has 0 N–H and O–H groups in total. The number of fused-ring (bicyclic) bond motifs is 9. The second kappa shape index (κ2) is 14.8. The van der Waals surface area contributed by atoms with Crippen molar-refractivity contribution in [2.75, 3.05) is 0 Å². The predicted molar refractivity (Wildman–Crippen MR) is 272 cm³/mol. The molecule has 10 aromatic carbocycles. The molecule has 0 unspecified atom stereocenters. The van der Waals surface area contributed by atoms with Crippen molar-refractivity contribution in [2.24, 2.45) is 0 Å². The highest BCUT2D eigenvalue weighted by molar-refractivity contribution is 7.91. The molecule has 0 bridgehead atoms. The first-order valence-corrected chi connectivity index (χ1v) is 24.0. The Kier molecular flexibility index (Phi) is 8.61. The molecule has 2 aromatic heterocycles. The van der Waals surface area contributed by atoms with Crippen LogP contribution in [0, 0.1) is 6.92 Å². The number of rotatable bonds is 6. The Morgan fingerprint density at radius 2 is 0.833 bits per heavy atom. The third kappa shape index (κ3) is 6.15. The molecule has 0 fully saturated rings. The van der Waals surface area contributed by atoms with Crippen LogP contribution in [0.3, 0.4) is 0 Å². The van der Waals surface area contributed by atoms with Gasteiger partial charge in [0.15, 0.2) is 0 Å². The van der Waals surface area contributed by atoms with Gasteiger partial charge >= 0.3 is 0 Å². The lowest BCUT2D eigenvalue weighted by Gasteiger charge is -2.22. The quantitative estimate of drug-likeness (QED) is 0.167. The Bertz CT molecular complexity index is 4010. The lowest BCUT2D eigenvalue weighted by molar-refractivity contribution is 0.596.